The molecule has 0 aliphatic heterocycles. The Labute approximate surface area is 179 Å². The monoisotopic (exact) mass is 399 g/mol. The summed E-state index contributed by atoms with van der Waals surface area (Å²) in [7, 11) is 0. The Kier molecular flexibility index (Phi) is 3.77. The maximum Gasteiger partial charge on any atom is 0.196 e. The van der Waals surface area contributed by atoms with Crippen LogP contribution in [0.3, 0.4) is 0 Å². The molecule has 0 saturated heterocycles. The largest absolute Gasteiger partial charge is 0.508 e. The van der Waals surface area contributed by atoms with Gasteiger partial charge in [-0.2, -0.15) is 0 Å². The third kappa shape index (κ3) is 2.75. The quantitative estimate of drug-likeness (QED) is 0.362. The van der Waals surface area contributed by atoms with Gasteiger partial charge in [0.25, 0.3) is 0 Å². The van der Waals surface area contributed by atoms with Crippen molar-refractivity contribution in [3.8, 4) is 39.4 Å². The molecule has 0 unspecified atom stereocenters. The number of phenolic OH excluding ortho intramolecular Hbond substituents is 1. The number of nitrogens with zero attached hydrogens (tertiary/aromatic N) is 1. The molecule has 0 amide bonds. The van der Waals surface area contributed by atoms with Crippen LogP contribution in [0.4, 0.5) is 0 Å². The SMILES string of the molecule is O=C1c2ccccc2-c2nc(-c3ccc4ccccc4c3)cc(-c3cccc(O)c3)c21. The summed E-state index contributed by atoms with van der Waals surface area (Å²) in [6, 6.07) is 31.1. The fourth-order valence-corrected chi connectivity index (χ4v) is 4.39. The first kappa shape index (κ1) is 17.6. The van der Waals surface area contributed by atoms with E-state index >= 15 is 0 Å². The van der Waals surface area contributed by atoms with Crippen molar-refractivity contribution >= 4 is 16.6 Å². The zero-order chi connectivity index (χ0) is 20.9. The first-order chi connectivity index (χ1) is 15.2. The van der Waals surface area contributed by atoms with Crippen LogP contribution in [-0.2, 0) is 0 Å². The van der Waals surface area contributed by atoms with E-state index in [2.05, 4.69) is 30.3 Å². The minimum atomic E-state index is -0.0264. The molecule has 1 aromatic heterocycles. The molecule has 146 valence electrons. The number of ketones is 1. The van der Waals surface area contributed by atoms with E-state index < -0.39 is 0 Å². The number of carbonyl (C=O) groups excluding carboxylic acids is 1. The molecule has 1 aliphatic carbocycles. The van der Waals surface area contributed by atoms with Gasteiger partial charge in [-0.05, 0) is 46.2 Å². The van der Waals surface area contributed by atoms with Crippen LogP contribution in [0.2, 0.25) is 0 Å². The zero-order valence-corrected chi connectivity index (χ0v) is 16.5. The van der Waals surface area contributed by atoms with Crippen molar-refractivity contribution in [2.24, 2.45) is 0 Å². The number of aromatic hydroxyl groups is 1. The van der Waals surface area contributed by atoms with E-state index in [1.807, 2.05) is 48.5 Å². The maximum absolute atomic E-state index is 13.3. The summed E-state index contributed by atoms with van der Waals surface area (Å²) in [6.45, 7) is 0. The first-order valence-corrected chi connectivity index (χ1v) is 10.2. The molecule has 0 spiro atoms. The lowest BCUT2D eigenvalue weighted by molar-refractivity contribution is 0.104. The fourth-order valence-electron chi connectivity index (χ4n) is 4.39. The summed E-state index contributed by atoms with van der Waals surface area (Å²) in [5.74, 6) is 0.139. The van der Waals surface area contributed by atoms with Crippen LogP contribution in [0, 0.1) is 0 Å². The lowest BCUT2D eigenvalue weighted by Crippen LogP contribution is -2.00. The molecular weight excluding hydrogens is 382 g/mol. The fraction of sp³-hybridized carbons (Fsp3) is 0. The highest BCUT2D eigenvalue weighted by molar-refractivity contribution is 6.24. The van der Waals surface area contributed by atoms with Gasteiger partial charge >= 0.3 is 0 Å². The van der Waals surface area contributed by atoms with Crippen molar-refractivity contribution in [2.75, 3.05) is 0 Å². The van der Waals surface area contributed by atoms with Crippen LogP contribution in [0.1, 0.15) is 15.9 Å². The van der Waals surface area contributed by atoms with Gasteiger partial charge in [0, 0.05) is 16.7 Å². The molecule has 0 saturated carbocycles. The number of phenols is 1. The predicted molar refractivity (Wildman–Crippen MR) is 123 cm³/mol. The van der Waals surface area contributed by atoms with E-state index in [1.165, 1.54) is 5.39 Å². The topological polar surface area (TPSA) is 50.2 Å². The van der Waals surface area contributed by atoms with E-state index in [9.17, 15) is 9.90 Å². The lowest BCUT2D eigenvalue weighted by Gasteiger charge is -2.12. The molecule has 1 aliphatic rings. The highest BCUT2D eigenvalue weighted by atomic mass is 16.3. The molecule has 1 heterocycles. The lowest BCUT2D eigenvalue weighted by atomic mass is 9.95. The van der Waals surface area contributed by atoms with Gasteiger partial charge in [0.1, 0.15) is 5.75 Å². The van der Waals surface area contributed by atoms with E-state index in [1.54, 1.807) is 18.2 Å². The van der Waals surface area contributed by atoms with Crippen LogP contribution < -0.4 is 0 Å². The molecule has 1 N–H and O–H groups in total. The van der Waals surface area contributed by atoms with Crippen LogP contribution in [0.15, 0.2) is 97.1 Å². The molecule has 3 heteroatoms. The summed E-state index contributed by atoms with van der Waals surface area (Å²) in [6.07, 6.45) is 0. The molecule has 31 heavy (non-hydrogen) atoms. The molecule has 0 bridgehead atoms. The van der Waals surface area contributed by atoms with E-state index in [0.29, 0.717) is 16.8 Å². The smallest absolute Gasteiger partial charge is 0.196 e. The summed E-state index contributed by atoms with van der Waals surface area (Å²) in [5, 5.41) is 12.4. The van der Waals surface area contributed by atoms with Crippen LogP contribution in [-0.4, -0.2) is 15.9 Å². The van der Waals surface area contributed by atoms with Crippen molar-refractivity contribution in [1.29, 1.82) is 0 Å². The molecule has 0 fully saturated rings. The van der Waals surface area contributed by atoms with Crippen LogP contribution in [0.5, 0.6) is 5.75 Å². The number of benzene rings is 4. The molecule has 3 nitrogen and oxygen atoms in total. The molecule has 5 aromatic rings. The van der Waals surface area contributed by atoms with Crippen molar-refractivity contribution in [1.82, 2.24) is 4.98 Å². The number of hydrogen-bond acceptors (Lipinski definition) is 3. The van der Waals surface area contributed by atoms with Crippen molar-refractivity contribution in [3.63, 3.8) is 0 Å². The third-order valence-corrected chi connectivity index (χ3v) is 5.88. The minimum absolute atomic E-state index is 0.0264. The predicted octanol–water partition coefficient (Wildman–Crippen LogP) is 6.49. The maximum atomic E-state index is 13.3. The Bertz CT molecular complexity index is 1520. The zero-order valence-electron chi connectivity index (χ0n) is 16.5. The second-order valence-electron chi connectivity index (χ2n) is 7.77. The number of rotatable bonds is 2. The van der Waals surface area contributed by atoms with E-state index in [-0.39, 0.29) is 11.5 Å². The Morgan fingerprint density at radius 1 is 0.613 bits per heavy atom. The van der Waals surface area contributed by atoms with Gasteiger partial charge in [-0.15, -0.1) is 0 Å². The molecule has 0 radical (unpaired) electrons. The van der Waals surface area contributed by atoms with Crippen LogP contribution >= 0.6 is 0 Å². The summed E-state index contributed by atoms with van der Waals surface area (Å²) >= 11 is 0. The van der Waals surface area contributed by atoms with Gasteiger partial charge in [0.15, 0.2) is 5.78 Å². The third-order valence-electron chi connectivity index (χ3n) is 5.88. The summed E-state index contributed by atoms with van der Waals surface area (Å²) in [4.78, 5) is 18.2. The number of fused-ring (bicyclic) bond motifs is 4. The summed E-state index contributed by atoms with van der Waals surface area (Å²) < 4.78 is 0. The normalized spacial score (nSPS) is 12.1. The molecule has 6 rings (SSSR count). The van der Waals surface area contributed by atoms with Gasteiger partial charge in [-0.25, -0.2) is 4.98 Å². The average Bonchev–Trinajstić information content (AvgIpc) is 3.10. The van der Waals surface area contributed by atoms with Crippen LogP contribution in [0.25, 0.3) is 44.4 Å². The van der Waals surface area contributed by atoms with E-state index in [4.69, 9.17) is 4.98 Å². The van der Waals surface area contributed by atoms with Crippen molar-refractivity contribution in [2.45, 2.75) is 0 Å². The Morgan fingerprint density at radius 3 is 2.23 bits per heavy atom. The van der Waals surface area contributed by atoms with Crippen molar-refractivity contribution < 1.29 is 9.90 Å². The highest BCUT2D eigenvalue weighted by Crippen LogP contribution is 2.42. The molecule has 0 atom stereocenters. The first-order valence-electron chi connectivity index (χ1n) is 10.2. The number of pyridine rings is 1. The summed E-state index contributed by atoms with van der Waals surface area (Å²) in [5.41, 5.74) is 6.17. The standard InChI is InChI=1S/C28H17NO2/c30-21-9-5-8-19(15-21)24-16-25(20-13-12-17-6-1-2-7-18(17)14-20)29-27-22-10-3-4-11-23(22)28(31)26(24)27/h1-16,30H. The molecule has 4 aromatic carbocycles. The Hall–Kier alpha value is -4.24. The van der Waals surface area contributed by atoms with Gasteiger partial charge < -0.3 is 5.11 Å². The van der Waals surface area contributed by atoms with Gasteiger partial charge in [-0.3, -0.25) is 4.79 Å². The highest BCUT2D eigenvalue weighted by Gasteiger charge is 2.31. The Morgan fingerprint density at radius 2 is 1.39 bits per heavy atom. The van der Waals surface area contributed by atoms with Gasteiger partial charge in [-0.1, -0.05) is 72.8 Å². The minimum Gasteiger partial charge on any atom is -0.508 e. The molecular formula is C28H17NO2. The second kappa shape index (κ2) is 6.64. The Balaban J connectivity index is 1.65. The number of aromatic nitrogens is 1. The number of carbonyl (C=O) groups is 1. The van der Waals surface area contributed by atoms with Gasteiger partial charge in [0.2, 0.25) is 0 Å². The second-order valence-corrected chi connectivity index (χ2v) is 7.77. The number of hydrogen-bond donors (Lipinski definition) is 1. The van der Waals surface area contributed by atoms with E-state index in [0.717, 1.165) is 33.3 Å². The van der Waals surface area contributed by atoms with Gasteiger partial charge in [0.05, 0.1) is 17.0 Å². The average molecular weight is 399 g/mol. The van der Waals surface area contributed by atoms with Crippen molar-refractivity contribution in [3.05, 3.63) is 108 Å².